The van der Waals surface area contributed by atoms with Gasteiger partial charge in [-0.05, 0) is 25.0 Å². The van der Waals surface area contributed by atoms with Crippen molar-refractivity contribution in [3.05, 3.63) is 29.5 Å². The highest BCUT2D eigenvalue weighted by Crippen LogP contribution is 2.39. The van der Waals surface area contributed by atoms with Crippen molar-refractivity contribution in [3.8, 4) is 10.6 Å². The molecule has 0 aliphatic carbocycles. The van der Waals surface area contributed by atoms with E-state index in [0.29, 0.717) is 6.54 Å². The Morgan fingerprint density at radius 2 is 2.05 bits per heavy atom. The number of amides is 2. The lowest BCUT2D eigenvalue weighted by molar-refractivity contribution is -0.0584. The van der Waals surface area contributed by atoms with E-state index in [1.165, 1.54) is 11.3 Å². The minimum absolute atomic E-state index is 0.0821. The van der Waals surface area contributed by atoms with Crippen molar-refractivity contribution in [1.29, 1.82) is 0 Å². The van der Waals surface area contributed by atoms with E-state index in [1.807, 2.05) is 12.1 Å². The lowest BCUT2D eigenvalue weighted by atomic mass is 10.0. The number of rotatable bonds is 2. The minimum Gasteiger partial charge on any atom is -0.311 e. The van der Waals surface area contributed by atoms with Crippen LogP contribution in [0.25, 0.3) is 10.6 Å². The Morgan fingerprint density at radius 3 is 2.86 bits per heavy atom. The lowest BCUT2D eigenvalue weighted by Crippen LogP contribution is -2.33. The molecule has 0 aromatic carbocycles. The van der Waals surface area contributed by atoms with Gasteiger partial charge in [0.1, 0.15) is 10.0 Å². The van der Waals surface area contributed by atoms with Crippen LogP contribution in [0.4, 0.5) is 4.79 Å². The van der Waals surface area contributed by atoms with E-state index in [9.17, 15) is 10.0 Å². The molecule has 0 saturated carbocycles. The molecule has 2 saturated heterocycles. The van der Waals surface area contributed by atoms with Crippen molar-refractivity contribution in [2.24, 2.45) is 0 Å². The van der Waals surface area contributed by atoms with Crippen LogP contribution in [0.15, 0.2) is 24.5 Å². The summed E-state index contributed by atoms with van der Waals surface area (Å²) in [4.78, 5) is 17.7. The first-order valence-corrected chi connectivity index (χ1v) is 7.58. The molecule has 1 N–H and O–H groups in total. The number of hydroxylamine groups is 2. The van der Waals surface area contributed by atoms with Gasteiger partial charge in [-0.2, -0.15) is 0 Å². The van der Waals surface area contributed by atoms with Crippen LogP contribution in [0.2, 0.25) is 0 Å². The van der Waals surface area contributed by atoms with Gasteiger partial charge in [-0.25, -0.2) is 9.86 Å². The zero-order valence-electron chi connectivity index (χ0n) is 11.1. The molecule has 2 bridgehead atoms. The monoisotopic (exact) mass is 303 g/mol. The first kappa shape index (κ1) is 12.7. The van der Waals surface area contributed by atoms with Crippen LogP contribution in [0, 0.1) is 0 Å². The number of hydrogen-bond donors (Lipinski definition) is 1. The highest BCUT2D eigenvalue weighted by Gasteiger charge is 2.45. The molecule has 2 atom stereocenters. The number of urea groups is 1. The zero-order chi connectivity index (χ0) is 14.4. The fourth-order valence-corrected chi connectivity index (χ4v) is 3.88. The van der Waals surface area contributed by atoms with Gasteiger partial charge < -0.3 is 4.90 Å². The molecule has 2 amide bonds. The molecule has 2 aromatic rings. The van der Waals surface area contributed by atoms with Gasteiger partial charge >= 0.3 is 6.03 Å². The van der Waals surface area contributed by atoms with Crippen molar-refractivity contribution in [2.45, 2.75) is 24.9 Å². The molecule has 108 valence electrons. The highest BCUT2D eigenvalue weighted by atomic mass is 32.1. The van der Waals surface area contributed by atoms with Crippen molar-refractivity contribution in [3.63, 3.8) is 0 Å². The number of piperidine rings is 1. The Morgan fingerprint density at radius 1 is 1.24 bits per heavy atom. The second-order valence-corrected chi connectivity index (χ2v) is 6.22. The average Bonchev–Trinajstić information content (AvgIpc) is 3.10. The van der Waals surface area contributed by atoms with Crippen molar-refractivity contribution >= 4 is 17.4 Å². The number of pyridine rings is 1. The lowest BCUT2D eigenvalue weighted by Gasteiger charge is -2.28. The number of aromatic nitrogens is 3. The number of carbonyl (C=O) groups excluding carboxylic acids is 1. The fourth-order valence-electron chi connectivity index (χ4n) is 2.89. The molecule has 8 heteroatoms. The topological polar surface area (TPSA) is 82.5 Å². The summed E-state index contributed by atoms with van der Waals surface area (Å²) in [7, 11) is 0. The smallest absolute Gasteiger partial charge is 0.311 e. The Hall–Kier alpha value is -2.06. The molecule has 2 aromatic heterocycles. The first-order valence-electron chi connectivity index (χ1n) is 6.76. The molecule has 0 unspecified atom stereocenters. The van der Waals surface area contributed by atoms with Crippen LogP contribution in [0.5, 0.6) is 0 Å². The molecular formula is C13H13N5O2S. The molecule has 4 heterocycles. The molecular weight excluding hydrogens is 290 g/mol. The van der Waals surface area contributed by atoms with Gasteiger partial charge in [0.2, 0.25) is 0 Å². The van der Waals surface area contributed by atoms with Gasteiger partial charge in [-0.15, -0.1) is 10.2 Å². The summed E-state index contributed by atoms with van der Waals surface area (Å²) >= 11 is 1.49. The summed E-state index contributed by atoms with van der Waals surface area (Å²) in [6.45, 7) is 0.560. The maximum absolute atomic E-state index is 12.0. The third kappa shape index (κ3) is 1.98. The van der Waals surface area contributed by atoms with E-state index in [1.54, 1.807) is 17.3 Å². The van der Waals surface area contributed by atoms with Crippen molar-refractivity contribution in [2.75, 3.05) is 6.54 Å². The molecule has 0 spiro atoms. The Bertz CT molecular complexity index is 676. The molecule has 21 heavy (non-hydrogen) atoms. The Balaban J connectivity index is 1.63. The number of nitrogens with zero attached hydrogens (tertiary/aromatic N) is 5. The molecule has 7 nitrogen and oxygen atoms in total. The van der Waals surface area contributed by atoms with Gasteiger partial charge in [0.25, 0.3) is 0 Å². The maximum Gasteiger partial charge on any atom is 0.344 e. The maximum atomic E-state index is 12.0. The van der Waals surface area contributed by atoms with Crippen LogP contribution < -0.4 is 0 Å². The zero-order valence-corrected chi connectivity index (χ0v) is 11.9. The van der Waals surface area contributed by atoms with Gasteiger partial charge in [0.15, 0.2) is 0 Å². The van der Waals surface area contributed by atoms with E-state index >= 15 is 0 Å². The van der Waals surface area contributed by atoms with Crippen molar-refractivity contribution < 1.29 is 10.0 Å². The summed E-state index contributed by atoms with van der Waals surface area (Å²) in [6, 6.07) is 3.28. The molecule has 2 aliphatic rings. The summed E-state index contributed by atoms with van der Waals surface area (Å²) in [6.07, 6.45) is 5.02. The molecule has 4 rings (SSSR count). The molecule has 2 aliphatic heterocycles. The number of hydrogen-bond acceptors (Lipinski definition) is 6. The van der Waals surface area contributed by atoms with E-state index < -0.39 is 0 Å². The third-order valence-electron chi connectivity index (χ3n) is 4.00. The van der Waals surface area contributed by atoms with Crippen LogP contribution in [0.1, 0.15) is 23.9 Å². The minimum atomic E-state index is -0.330. The van der Waals surface area contributed by atoms with Crippen molar-refractivity contribution in [1.82, 2.24) is 25.1 Å². The third-order valence-corrected chi connectivity index (χ3v) is 5.07. The normalized spacial score (nSPS) is 24.7. The van der Waals surface area contributed by atoms with E-state index in [2.05, 4.69) is 15.2 Å². The largest absolute Gasteiger partial charge is 0.344 e. The van der Waals surface area contributed by atoms with Crippen LogP contribution in [-0.2, 0) is 0 Å². The SMILES string of the molecule is O=C1N(O)[C@@H]2CC[C@@H](c3nnc(-c4ccncc4)s3)N1C2. The summed E-state index contributed by atoms with van der Waals surface area (Å²) < 4.78 is 0. The van der Waals surface area contributed by atoms with E-state index in [0.717, 1.165) is 33.5 Å². The van der Waals surface area contributed by atoms with Crippen LogP contribution in [-0.4, -0.2) is 49.0 Å². The standard InChI is InChI=1S/C13H13N5O2S/c19-13-17-7-9(18(13)20)1-2-10(17)12-16-15-11(21-12)8-3-5-14-6-4-8/h3-6,9-10,20H,1-2,7H2/t9-,10+/m1/s1. The van der Waals surface area contributed by atoms with Crippen LogP contribution >= 0.6 is 11.3 Å². The van der Waals surface area contributed by atoms with E-state index in [4.69, 9.17) is 0 Å². The summed E-state index contributed by atoms with van der Waals surface area (Å²) in [5, 5.41) is 20.7. The predicted molar refractivity (Wildman–Crippen MR) is 74.6 cm³/mol. The molecule has 2 fully saturated rings. The van der Waals surface area contributed by atoms with Crippen LogP contribution in [0.3, 0.4) is 0 Å². The quantitative estimate of drug-likeness (QED) is 0.857. The fraction of sp³-hybridized carbons (Fsp3) is 0.385. The second kappa shape index (κ2) is 4.74. The van der Waals surface area contributed by atoms with E-state index in [-0.39, 0.29) is 18.1 Å². The predicted octanol–water partition coefficient (Wildman–Crippen LogP) is 1.93. The highest BCUT2D eigenvalue weighted by molar-refractivity contribution is 7.14. The van der Waals surface area contributed by atoms with Gasteiger partial charge in [0, 0.05) is 24.5 Å². The number of carbonyl (C=O) groups is 1. The second-order valence-electron chi connectivity index (χ2n) is 5.21. The van der Waals surface area contributed by atoms with Gasteiger partial charge in [-0.1, -0.05) is 11.3 Å². The Kier molecular flexibility index (Phi) is 2.86. The average molecular weight is 303 g/mol. The van der Waals surface area contributed by atoms with Gasteiger partial charge in [0.05, 0.1) is 12.1 Å². The Labute approximate surface area is 124 Å². The molecule has 0 radical (unpaired) electrons. The first-order chi connectivity index (χ1) is 10.2. The number of fused-ring (bicyclic) bond motifs is 2. The van der Waals surface area contributed by atoms with Gasteiger partial charge in [-0.3, -0.25) is 10.2 Å². The summed E-state index contributed by atoms with van der Waals surface area (Å²) in [5.41, 5.74) is 0.971. The summed E-state index contributed by atoms with van der Waals surface area (Å²) in [5.74, 6) is 0.